The number of aryl methyl sites for hydroxylation is 2. The van der Waals surface area contributed by atoms with Crippen molar-refractivity contribution in [3.8, 4) is 0 Å². The van der Waals surface area contributed by atoms with E-state index in [2.05, 4.69) is 39.9 Å². The van der Waals surface area contributed by atoms with Crippen molar-refractivity contribution in [3.63, 3.8) is 0 Å². The molecule has 2 N–H and O–H groups in total. The SMILES string of the molecule is Cc1nn(C)c(C)c1NC(=O)NCCc1csc(C(C)C)n1. The Bertz CT molecular complexity index is 659. The topological polar surface area (TPSA) is 71.8 Å². The fourth-order valence-corrected chi connectivity index (χ4v) is 2.99. The molecule has 0 aromatic carbocycles. The van der Waals surface area contributed by atoms with Gasteiger partial charge in [-0.15, -0.1) is 11.3 Å². The Morgan fingerprint density at radius 1 is 1.41 bits per heavy atom. The molecule has 0 saturated carbocycles. The molecule has 0 spiro atoms. The van der Waals surface area contributed by atoms with Crippen LogP contribution < -0.4 is 10.6 Å². The molecule has 0 radical (unpaired) electrons. The minimum Gasteiger partial charge on any atom is -0.337 e. The van der Waals surface area contributed by atoms with E-state index in [1.165, 1.54) is 0 Å². The molecule has 2 rings (SSSR count). The summed E-state index contributed by atoms with van der Waals surface area (Å²) in [5.74, 6) is 0.450. The average Bonchev–Trinajstić information content (AvgIpc) is 3.00. The number of carbonyl (C=O) groups excluding carboxylic acids is 1. The fraction of sp³-hybridized carbons (Fsp3) is 0.533. The number of nitrogens with zero attached hydrogens (tertiary/aromatic N) is 3. The van der Waals surface area contributed by atoms with Gasteiger partial charge in [0.05, 0.1) is 27.8 Å². The second-order valence-electron chi connectivity index (χ2n) is 5.63. The minimum atomic E-state index is -0.210. The maximum absolute atomic E-state index is 12.0. The van der Waals surface area contributed by atoms with Gasteiger partial charge in [-0.05, 0) is 13.8 Å². The quantitative estimate of drug-likeness (QED) is 0.889. The molecule has 0 unspecified atom stereocenters. The molecular formula is C15H23N5OS. The zero-order valence-electron chi connectivity index (χ0n) is 13.7. The van der Waals surface area contributed by atoms with Crippen LogP contribution in [-0.2, 0) is 13.5 Å². The van der Waals surface area contributed by atoms with Gasteiger partial charge < -0.3 is 10.6 Å². The standard InChI is InChI=1S/C15H23N5OS/c1-9(2)14-17-12(8-22-14)6-7-16-15(21)18-13-10(3)19-20(5)11(13)4/h8-9H,6-7H2,1-5H3,(H2,16,18,21). The highest BCUT2D eigenvalue weighted by Gasteiger charge is 2.12. The molecule has 0 atom stereocenters. The summed E-state index contributed by atoms with van der Waals surface area (Å²) in [5.41, 5.74) is 3.56. The fourth-order valence-electron chi connectivity index (χ4n) is 2.12. The Kier molecular flexibility index (Phi) is 5.18. The normalized spacial score (nSPS) is 11.0. The summed E-state index contributed by atoms with van der Waals surface area (Å²) in [5, 5.41) is 13.2. The number of hydrogen-bond donors (Lipinski definition) is 2. The van der Waals surface area contributed by atoms with Crippen LogP contribution in [-0.4, -0.2) is 27.3 Å². The van der Waals surface area contributed by atoms with Crippen molar-refractivity contribution in [1.82, 2.24) is 20.1 Å². The van der Waals surface area contributed by atoms with E-state index in [1.54, 1.807) is 16.0 Å². The van der Waals surface area contributed by atoms with Gasteiger partial charge in [-0.3, -0.25) is 4.68 Å². The van der Waals surface area contributed by atoms with Gasteiger partial charge >= 0.3 is 6.03 Å². The van der Waals surface area contributed by atoms with Crippen LogP contribution in [0, 0.1) is 13.8 Å². The summed E-state index contributed by atoms with van der Waals surface area (Å²) in [6, 6.07) is -0.210. The van der Waals surface area contributed by atoms with Crippen molar-refractivity contribution in [1.29, 1.82) is 0 Å². The largest absolute Gasteiger partial charge is 0.337 e. The first kappa shape index (κ1) is 16.5. The molecule has 0 aliphatic heterocycles. The number of rotatable bonds is 5. The minimum absolute atomic E-state index is 0.210. The second kappa shape index (κ2) is 6.91. The lowest BCUT2D eigenvalue weighted by molar-refractivity contribution is 0.252. The Morgan fingerprint density at radius 3 is 2.68 bits per heavy atom. The van der Waals surface area contributed by atoms with Crippen molar-refractivity contribution in [2.24, 2.45) is 7.05 Å². The van der Waals surface area contributed by atoms with Crippen LogP contribution >= 0.6 is 11.3 Å². The third kappa shape index (κ3) is 3.85. The number of amides is 2. The van der Waals surface area contributed by atoms with E-state index in [-0.39, 0.29) is 6.03 Å². The van der Waals surface area contributed by atoms with Gasteiger partial charge in [0, 0.05) is 31.3 Å². The number of thiazole rings is 1. The molecule has 0 aliphatic rings. The van der Waals surface area contributed by atoms with Crippen LogP contribution in [0.25, 0.3) is 0 Å². The molecule has 6 nitrogen and oxygen atoms in total. The highest BCUT2D eigenvalue weighted by Crippen LogP contribution is 2.19. The van der Waals surface area contributed by atoms with E-state index in [4.69, 9.17) is 0 Å². The first-order valence-corrected chi connectivity index (χ1v) is 8.25. The van der Waals surface area contributed by atoms with Crippen LogP contribution in [0.1, 0.15) is 41.9 Å². The van der Waals surface area contributed by atoms with Gasteiger partial charge in [0.2, 0.25) is 0 Å². The number of aromatic nitrogens is 3. The number of anilines is 1. The maximum atomic E-state index is 12.0. The number of carbonyl (C=O) groups is 1. The Labute approximate surface area is 135 Å². The van der Waals surface area contributed by atoms with Crippen molar-refractivity contribution >= 4 is 23.1 Å². The molecule has 2 amide bonds. The van der Waals surface area contributed by atoms with Crippen LogP contribution in [0.15, 0.2) is 5.38 Å². The summed E-state index contributed by atoms with van der Waals surface area (Å²) >= 11 is 1.68. The van der Waals surface area contributed by atoms with E-state index in [9.17, 15) is 4.79 Å². The summed E-state index contributed by atoms with van der Waals surface area (Å²) in [7, 11) is 1.86. The summed E-state index contributed by atoms with van der Waals surface area (Å²) in [6.07, 6.45) is 0.738. The molecule has 0 saturated heterocycles. The Hall–Kier alpha value is -1.89. The maximum Gasteiger partial charge on any atom is 0.319 e. The van der Waals surface area contributed by atoms with E-state index in [1.807, 2.05) is 20.9 Å². The first-order chi connectivity index (χ1) is 10.4. The highest BCUT2D eigenvalue weighted by molar-refractivity contribution is 7.09. The molecule has 22 heavy (non-hydrogen) atoms. The van der Waals surface area contributed by atoms with E-state index in [0.717, 1.165) is 34.2 Å². The lowest BCUT2D eigenvalue weighted by atomic mass is 10.2. The van der Waals surface area contributed by atoms with Crippen molar-refractivity contribution in [3.05, 3.63) is 27.5 Å². The highest BCUT2D eigenvalue weighted by atomic mass is 32.1. The molecule has 0 aliphatic carbocycles. The third-order valence-electron chi connectivity index (χ3n) is 3.48. The van der Waals surface area contributed by atoms with Crippen molar-refractivity contribution < 1.29 is 4.79 Å². The van der Waals surface area contributed by atoms with Crippen LogP contribution in [0.4, 0.5) is 10.5 Å². The molecule has 2 aromatic rings. The van der Waals surface area contributed by atoms with Gasteiger partial charge in [0.1, 0.15) is 0 Å². The number of nitrogens with one attached hydrogen (secondary N) is 2. The van der Waals surface area contributed by atoms with Gasteiger partial charge in [-0.2, -0.15) is 5.10 Å². The summed E-state index contributed by atoms with van der Waals surface area (Å²) in [4.78, 5) is 16.5. The average molecular weight is 321 g/mol. The van der Waals surface area contributed by atoms with Crippen LogP contribution in [0.2, 0.25) is 0 Å². The van der Waals surface area contributed by atoms with Crippen molar-refractivity contribution in [2.75, 3.05) is 11.9 Å². The van der Waals surface area contributed by atoms with Gasteiger partial charge in [0.15, 0.2) is 0 Å². The van der Waals surface area contributed by atoms with Gasteiger partial charge in [0.25, 0.3) is 0 Å². The molecule has 0 fully saturated rings. The summed E-state index contributed by atoms with van der Waals surface area (Å²) in [6.45, 7) is 8.63. The molecule has 0 bridgehead atoms. The lowest BCUT2D eigenvalue weighted by Crippen LogP contribution is -2.30. The molecule has 120 valence electrons. The van der Waals surface area contributed by atoms with Crippen LogP contribution in [0.5, 0.6) is 0 Å². The smallest absolute Gasteiger partial charge is 0.319 e. The zero-order valence-corrected chi connectivity index (χ0v) is 14.5. The summed E-state index contributed by atoms with van der Waals surface area (Å²) < 4.78 is 1.76. The van der Waals surface area contributed by atoms with E-state index in [0.29, 0.717) is 12.5 Å². The Balaban J connectivity index is 1.82. The monoisotopic (exact) mass is 321 g/mol. The van der Waals surface area contributed by atoms with E-state index >= 15 is 0 Å². The lowest BCUT2D eigenvalue weighted by Gasteiger charge is -2.07. The van der Waals surface area contributed by atoms with Gasteiger partial charge in [-0.1, -0.05) is 13.8 Å². The first-order valence-electron chi connectivity index (χ1n) is 7.37. The van der Waals surface area contributed by atoms with Crippen molar-refractivity contribution in [2.45, 2.75) is 40.0 Å². The number of hydrogen-bond acceptors (Lipinski definition) is 4. The van der Waals surface area contributed by atoms with Gasteiger partial charge in [-0.25, -0.2) is 9.78 Å². The Morgan fingerprint density at radius 2 is 2.14 bits per heavy atom. The third-order valence-corrected chi connectivity index (χ3v) is 4.67. The van der Waals surface area contributed by atoms with E-state index < -0.39 is 0 Å². The zero-order chi connectivity index (χ0) is 16.3. The molecule has 2 aromatic heterocycles. The van der Waals surface area contributed by atoms with Crippen LogP contribution in [0.3, 0.4) is 0 Å². The molecule has 7 heteroatoms. The second-order valence-corrected chi connectivity index (χ2v) is 6.52. The predicted octanol–water partition coefficient (Wildman–Crippen LogP) is 2.98. The predicted molar refractivity (Wildman–Crippen MR) is 89.6 cm³/mol. The molecule has 2 heterocycles. The number of urea groups is 1. The molecular weight excluding hydrogens is 298 g/mol.